The highest BCUT2D eigenvalue weighted by molar-refractivity contribution is 6.40. The summed E-state index contributed by atoms with van der Waals surface area (Å²) in [5.74, 6) is -1.87. The number of hydrogen-bond acceptors (Lipinski definition) is 4. The molecule has 0 bridgehead atoms. The fourth-order valence-electron chi connectivity index (χ4n) is 2.60. The van der Waals surface area contributed by atoms with Crippen molar-refractivity contribution in [3.8, 4) is 5.88 Å². The summed E-state index contributed by atoms with van der Waals surface area (Å²) in [7, 11) is 0. The SMILES string of the molecule is Cc1ccc(NC(=O)C(=O)N=Nc2c(O)[nH]c3ccc(C(C)C)cc23)cc1. The molecule has 0 atom stereocenters. The van der Waals surface area contributed by atoms with Gasteiger partial charge < -0.3 is 15.4 Å². The minimum absolute atomic E-state index is 0.129. The van der Waals surface area contributed by atoms with Crippen LogP contribution in [0.5, 0.6) is 5.88 Å². The summed E-state index contributed by atoms with van der Waals surface area (Å²) in [6.07, 6.45) is 0. The molecule has 0 saturated heterocycles. The van der Waals surface area contributed by atoms with Crippen LogP contribution >= 0.6 is 0 Å². The van der Waals surface area contributed by atoms with Gasteiger partial charge in [0.25, 0.3) is 0 Å². The maximum atomic E-state index is 12.0. The van der Waals surface area contributed by atoms with E-state index in [-0.39, 0.29) is 17.5 Å². The van der Waals surface area contributed by atoms with Crippen LogP contribution in [0.1, 0.15) is 30.9 Å². The van der Waals surface area contributed by atoms with Crippen molar-refractivity contribution in [3.63, 3.8) is 0 Å². The number of aryl methyl sites for hydroxylation is 1. The summed E-state index contributed by atoms with van der Waals surface area (Å²) in [6.45, 7) is 6.02. The number of nitrogens with one attached hydrogen (secondary N) is 2. The topological polar surface area (TPSA) is 107 Å². The minimum Gasteiger partial charge on any atom is -0.493 e. The van der Waals surface area contributed by atoms with E-state index in [1.807, 2.05) is 51.1 Å². The second-order valence-corrected chi connectivity index (χ2v) is 6.61. The van der Waals surface area contributed by atoms with Crippen LogP contribution < -0.4 is 5.32 Å². The molecule has 0 spiro atoms. The number of anilines is 1. The number of H-pyrrole nitrogens is 1. The van der Waals surface area contributed by atoms with E-state index in [1.165, 1.54) is 0 Å². The third kappa shape index (κ3) is 4.03. The number of amides is 2. The van der Waals surface area contributed by atoms with Gasteiger partial charge in [0, 0.05) is 11.1 Å². The van der Waals surface area contributed by atoms with Crippen molar-refractivity contribution in [2.75, 3.05) is 5.32 Å². The molecule has 27 heavy (non-hydrogen) atoms. The van der Waals surface area contributed by atoms with E-state index in [1.54, 1.807) is 12.1 Å². The molecule has 0 unspecified atom stereocenters. The van der Waals surface area contributed by atoms with Gasteiger partial charge in [0.1, 0.15) is 0 Å². The number of benzene rings is 2. The Balaban J connectivity index is 1.81. The standard InChI is InChI=1S/C20H20N4O3/c1-11(2)13-6-9-16-15(10-13)17(18(25)22-16)23-24-20(27)19(26)21-14-7-4-12(3)5-8-14/h4-11,22,25H,1-3H3,(H,21,26). The Morgan fingerprint density at radius 1 is 1.11 bits per heavy atom. The fraction of sp³-hybridized carbons (Fsp3) is 0.200. The van der Waals surface area contributed by atoms with Gasteiger partial charge in [-0.1, -0.05) is 37.6 Å². The fourth-order valence-corrected chi connectivity index (χ4v) is 2.60. The number of aromatic nitrogens is 1. The van der Waals surface area contributed by atoms with Crippen LogP contribution in [0.2, 0.25) is 0 Å². The van der Waals surface area contributed by atoms with Gasteiger partial charge in [0.15, 0.2) is 5.69 Å². The van der Waals surface area contributed by atoms with E-state index in [0.717, 1.165) is 11.1 Å². The van der Waals surface area contributed by atoms with Crippen LogP contribution in [0, 0.1) is 6.92 Å². The van der Waals surface area contributed by atoms with Gasteiger partial charge in [-0.25, -0.2) is 0 Å². The van der Waals surface area contributed by atoms with Crippen molar-refractivity contribution in [3.05, 3.63) is 53.6 Å². The van der Waals surface area contributed by atoms with E-state index in [9.17, 15) is 14.7 Å². The largest absolute Gasteiger partial charge is 0.493 e. The summed E-state index contributed by atoms with van der Waals surface area (Å²) < 4.78 is 0. The Labute approximate surface area is 156 Å². The molecule has 2 aromatic carbocycles. The number of carbonyl (C=O) groups excluding carboxylic acids is 2. The monoisotopic (exact) mass is 364 g/mol. The van der Waals surface area contributed by atoms with Gasteiger partial charge in [0.05, 0.1) is 5.52 Å². The molecule has 0 aliphatic rings. The number of azo groups is 1. The normalized spacial score (nSPS) is 11.4. The Morgan fingerprint density at radius 2 is 1.81 bits per heavy atom. The van der Waals surface area contributed by atoms with Crippen molar-refractivity contribution < 1.29 is 14.7 Å². The maximum absolute atomic E-state index is 12.0. The molecule has 3 rings (SSSR count). The maximum Gasteiger partial charge on any atom is 0.353 e. The first-order valence-corrected chi connectivity index (χ1v) is 8.53. The zero-order valence-corrected chi connectivity index (χ0v) is 15.3. The number of nitrogens with zero attached hydrogens (tertiary/aromatic N) is 2. The Kier molecular flexibility index (Phi) is 5.03. The number of carbonyl (C=O) groups is 2. The highest BCUT2D eigenvalue weighted by atomic mass is 16.3. The smallest absolute Gasteiger partial charge is 0.353 e. The van der Waals surface area contributed by atoms with Gasteiger partial charge in [-0.3, -0.25) is 9.59 Å². The van der Waals surface area contributed by atoms with Crippen molar-refractivity contribution in [1.29, 1.82) is 0 Å². The van der Waals surface area contributed by atoms with Gasteiger partial charge >= 0.3 is 11.8 Å². The predicted octanol–water partition coefficient (Wildman–Crippen LogP) is 4.55. The second kappa shape index (κ2) is 7.41. The van der Waals surface area contributed by atoms with Crippen LogP contribution in [0.3, 0.4) is 0 Å². The lowest BCUT2D eigenvalue weighted by atomic mass is 10.0. The number of rotatable bonds is 3. The summed E-state index contributed by atoms with van der Waals surface area (Å²) in [4.78, 5) is 26.7. The van der Waals surface area contributed by atoms with Crippen LogP contribution in [0.15, 0.2) is 52.7 Å². The lowest BCUT2D eigenvalue weighted by molar-refractivity contribution is -0.134. The summed E-state index contributed by atoms with van der Waals surface area (Å²) in [6, 6.07) is 12.7. The molecule has 0 radical (unpaired) electrons. The summed E-state index contributed by atoms with van der Waals surface area (Å²) >= 11 is 0. The molecule has 7 nitrogen and oxygen atoms in total. The van der Waals surface area contributed by atoms with Crippen molar-refractivity contribution in [2.45, 2.75) is 26.7 Å². The predicted molar refractivity (Wildman–Crippen MR) is 103 cm³/mol. The number of aromatic amines is 1. The molecule has 1 aromatic heterocycles. The minimum atomic E-state index is -1.05. The van der Waals surface area contributed by atoms with Crippen molar-refractivity contribution >= 4 is 34.1 Å². The number of aromatic hydroxyl groups is 1. The lowest BCUT2D eigenvalue weighted by Crippen LogP contribution is -2.20. The van der Waals surface area contributed by atoms with Gasteiger partial charge in [-0.15, -0.1) is 10.2 Å². The molecular weight excluding hydrogens is 344 g/mol. The highest BCUT2D eigenvalue weighted by Gasteiger charge is 2.16. The molecule has 0 fully saturated rings. The molecule has 138 valence electrons. The highest BCUT2D eigenvalue weighted by Crippen LogP contribution is 2.36. The number of fused-ring (bicyclic) bond motifs is 1. The molecular formula is C20H20N4O3. The zero-order chi connectivity index (χ0) is 19.6. The molecule has 2 amide bonds. The lowest BCUT2D eigenvalue weighted by Gasteiger charge is -2.04. The van der Waals surface area contributed by atoms with Crippen LogP contribution in [-0.4, -0.2) is 21.9 Å². The Morgan fingerprint density at radius 3 is 2.48 bits per heavy atom. The first kappa shape index (κ1) is 18.3. The average molecular weight is 364 g/mol. The van der Waals surface area contributed by atoms with Gasteiger partial charge in [-0.05, 0) is 42.7 Å². The van der Waals surface area contributed by atoms with Crippen LogP contribution in [0.25, 0.3) is 10.9 Å². The summed E-state index contributed by atoms with van der Waals surface area (Å²) in [5.41, 5.74) is 3.38. The summed E-state index contributed by atoms with van der Waals surface area (Å²) in [5, 5.41) is 20.4. The zero-order valence-electron chi connectivity index (χ0n) is 15.3. The Hall–Kier alpha value is -3.48. The number of hydrogen-bond donors (Lipinski definition) is 3. The van der Waals surface area contributed by atoms with Gasteiger partial charge in [-0.2, -0.15) is 0 Å². The van der Waals surface area contributed by atoms with Crippen LogP contribution in [-0.2, 0) is 9.59 Å². The third-order valence-corrected chi connectivity index (χ3v) is 4.19. The second-order valence-electron chi connectivity index (χ2n) is 6.61. The molecule has 3 aromatic rings. The quantitative estimate of drug-likeness (QED) is 0.468. The third-order valence-electron chi connectivity index (χ3n) is 4.19. The van der Waals surface area contributed by atoms with E-state index in [0.29, 0.717) is 16.6 Å². The van der Waals surface area contributed by atoms with Crippen molar-refractivity contribution in [1.82, 2.24) is 4.98 Å². The average Bonchev–Trinajstić information content (AvgIpc) is 2.95. The molecule has 3 N–H and O–H groups in total. The van der Waals surface area contributed by atoms with Gasteiger partial charge in [0.2, 0.25) is 5.88 Å². The first-order valence-electron chi connectivity index (χ1n) is 8.53. The van der Waals surface area contributed by atoms with E-state index >= 15 is 0 Å². The molecule has 1 heterocycles. The molecule has 0 saturated carbocycles. The van der Waals surface area contributed by atoms with E-state index in [4.69, 9.17) is 0 Å². The molecule has 0 aliphatic carbocycles. The van der Waals surface area contributed by atoms with Crippen LogP contribution in [0.4, 0.5) is 11.4 Å². The Bertz CT molecular complexity index is 1030. The van der Waals surface area contributed by atoms with E-state index in [2.05, 4.69) is 20.5 Å². The molecule has 0 aliphatic heterocycles. The first-order chi connectivity index (χ1) is 12.8. The molecule has 7 heteroatoms. The van der Waals surface area contributed by atoms with E-state index < -0.39 is 11.8 Å². The van der Waals surface area contributed by atoms with Crippen molar-refractivity contribution in [2.24, 2.45) is 10.2 Å².